The van der Waals surface area contributed by atoms with Gasteiger partial charge in [-0.2, -0.15) is 0 Å². The smallest absolute Gasteiger partial charge is 0.253 e. The van der Waals surface area contributed by atoms with E-state index in [0.717, 1.165) is 42.4 Å². The molecule has 7 heteroatoms. The summed E-state index contributed by atoms with van der Waals surface area (Å²) >= 11 is 0. The van der Waals surface area contributed by atoms with Crippen LogP contribution in [0.1, 0.15) is 23.2 Å². The Labute approximate surface area is 198 Å². The third-order valence-electron chi connectivity index (χ3n) is 6.49. The van der Waals surface area contributed by atoms with Gasteiger partial charge >= 0.3 is 0 Å². The van der Waals surface area contributed by atoms with Crippen LogP contribution in [-0.2, 0) is 9.59 Å². The minimum absolute atomic E-state index is 0.0264. The molecule has 5 rings (SSSR count). The fourth-order valence-electron chi connectivity index (χ4n) is 4.33. The second-order valence-corrected chi connectivity index (χ2v) is 8.89. The standard InChI is InChI=1S/C27H28N4O3/c32-25(31-14-12-30(13-15-31)22-8-2-1-3-9-22)18-28-27(34)23-16-20-6-4-5-7-21(20)17-24(23)29-26(33)19-10-11-19/h1-9,16-17,19H,10-15,18H2,(H,28,34)(H,29,33). The molecule has 0 bridgehead atoms. The van der Waals surface area contributed by atoms with E-state index in [2.05, 4.69) is 27.7 Å². The van der Waals surface area contributed by atoms with Gasteiger partial charge in [0.2, 0.25) is 11.8 Å². The van der Waals surface area contributed by atoms with Crippen molar-refractivity contribution >= 4 is 39.9 Å². The summed E-state index contributed by atoms with van der Waals surface area (Å²) in [5.74, 6) is -0.506. The Morgan fingerprint density at radius 2 is 1.47 bits per heavy atom. The fraction of sp³-hybridized carbons (Fsp3) is 0.296. The zero-order valence-electron chi connectivity index (χ0n) is 19.0. The highest BCUT2D eigenvalue weighted by Crippen LogP contribution is 2.32. The summed E-state index contributed by atoms with van der Waals surface area (Å²) in [7, 11) is 0. The second kappa shape index (κ2) is 9.55. The Bertz CT molecular complexity index is 1220. The Morgan fingerprint density at radius 3 is 2.15 bits per heavy atom. The van der Waals surface area contributed by atoms with Crippen LogP contribution in [0.4, 0.5) is 11.4 Å². The summed E-state index contributed by atoms with van der Waals surface area (Å²) in [4.78, 5) is 42.3. The van der Waals surface area contributed by atoms with Crippen molar-refractivity contribution in [2.75, 3.05) is 42.9 Å². The quantitative estimate of drug-likeness (QED) is 0.597. The molecule has 2 aliphatic rings. The van der Waals surface area contributed by atoms with Gasteiger partial charge in [0, 0.05) is 37.8 Å². The van der Waals surface area contributed by atoms with Gasteiger partial charge in [-0.15, -0.1) is 0 Å². The first-order valence-corrected chi connectivity index (χ1v) is 11.8. The maximum absolute atomic E-state index is 13.1. The van der Waals surface area contributed by atoms with Crippen molar-refractivity contribution in [1.82, 2.24) is 10.2 Å². The number of piperazine rings is 1. The largest absolute Gasteiger partial charge is 0.368 e. The minimum atomic E-state index is -0.367. The highest BCUT2D eigenvalue weighted by Gasteiger charge is 2.30. The van der Waals surface area contributed by atoms with E-state index in [9.17, 15) is 14.4 Å². The number of carbonyl (C=O) groups excluding carboxylic acids is 3. The van der Waals surface area contributed by atoms with Gasteiger partial charge in [0.05, 0.1) is 17.8 Å². The SMILES string of the molecule is O=C(NCC(=O)N1CCN(c2ccccc2)CC1)c1cc2ccccc2cc1NC(=O)C1CC1. The molecule has 2 N–H and O–H groups in total. The maximum atomic E-state index is 13.1. The molecule has 3 amide bonds. The number of rotatable bonds is 6. The third-order valence-corrected chi connectivity index (χ3v) is 6.49. The summed E-state index contributed by atoms with van der Waals surface area (Å²) in [5, 5.41) is 7.53. The number of anilines is 2. The number of fused-ring (bicyclic) bond motifs is 1. The van der Waals surface area contributed by atoms with Crippen LogP contribution in [0.5, 0.6) is 0 Å². The molecule has 0 radical (unpaired) electrons. The lowest BCUT2D eigenvalue weighted by atomic mass is 10.0. The summed E-state index contributed by atoms with van der Waals surface area (Å²) in [6.45, 7) is 2.66. The van der Waals surface area contributed by atoms with E-state index >= 15 is 0 Å². The fourth-order valence-corrected chi connectivity index (χ4v) is 4.33. The lowest BCUT2D eigenvalue weighted by Crippen LogP contribution is -2.51. The van der Waals surface area contributed by atoms with E-state index in [0.29, 0.717) is 24.3 Å². The second-order valence-electron chi connectivity index (χ2n) is 8.89. The van der Waals surface area contributed by atoms with Crippen molar-refractivity contribution in [3.8, 4) is 0 Å². The predicted octanol–water partition coefficient (Wildman–Crippen LogP) is 3.27. The molecular weight excluding hydrogens is 428 g/mol. The molecule has 1 aliphatic heterocycles. The van der Waals surface area contributed by atoms with Crippen LogP contribution in [0, 0.1) is 5.92 Å². The highest BCUT2D eigenvalue weighted by molar-refractivity contribution is 6.09. The molecule has 3 aromatic rings. The number of nitrogens with one attached hydrogen (secondary N) is 2. The first kappa shape index (κ1) is 21.9. The molecule has 1 heterocycles. The van der Waals surface area contributed by atoms with Crippen molar-refractivity contribution in [3.05, 3.63) is 72.3 Å². The molecule has 1 saturated carbocycles. The number of para-hydroxylation sites is 1. The highest BCUT2D eigenvalue weighted by atomic mass is 16.2. The average Bonchev–Trinajstić information content (AvgIpc) is 3.73. The van der Waals surface area contributed by atoms with Gasteiger partial charge in [-0.1, -0.05) is 42.5 Å². The molecule has 0 aromatic heterocycles. The van der Waals surface area contributed by atoms with Crippen LogP contribution in [0.25, 0.3) is 10.8 Å². The van der Waals surface area contributed by atoms with Gasteiger partial charge in [0.15, 0.2) is 0 Å². The molecule has 7 nitrogen and oxygen atoms in total. The molecule has 0 atom stereocenters. The Kier molecular flexibility index (Phi) is 6.16. The number of amides is 3. The van der Waals surface area contributed by atoms with Crippen molar-refractivity contribution < 1.29 is 14.4 Å². The van der Waals surface area contributed by atoms with E-state index in [-0.39, 0.29) is 30.2 Å². The van der Waals surface area contributed by atoms with Gasteiger partial charge in [-0.3, -0.25) is 14.4 Å². The summed E-state index contributed by atoms with van der Waals surface area (Å²) < 4.78 is 0. The molecule has 1 saturated heterocycles. The normalized spacial score (nSPS) is 15.8. The Balaban J connectivity index is 1.23. The maximum Gasteiger partial charge on any atom is 0.253 e. The molecule has 174 valence electrons. The predicted molar refractivity (Wildman–Crippen MR) is 133 cm³/mol. The molecule has 0 spiro atoms. The van der Waals surface area contributed by atoms with Crippen LogP contribution in [0.15, 0.2) is 66.7 Å². The molecule has 2 fully saturated rings. The number of benzene rings is 3. The van der Waals surface area contributed by atoms with E-state index in [1.165, 1.54) is 0 Å². The van der Waals surface area contributed by atoms with Crippen molar-refractivity contribution in [2.24, 2.45) is 5.92 Å². The lowest BCUT2D eigenvalue weighted by Gasteiger charge is -2.36. The molecule has 1 aliphatic carbocycles. The van der Waals surface area contributed by atoms with E-state index in [1.54, 1.807) is 11.0 Å². The van der Waals surface area contributed by atoms with Crippen LogP contribution < -0.4 is 15.5 Å². The average molecular weight is 457 g/mol. The van der Waals surface area contributed by atoms with Crippen LogP contribution >= 0.6 is 0 Å². The summed E-state index contributed by atoms with van der Waals surface area (Å²) in [6.07, 6.45) is 1.76. The van der Waals surface area contributed by atoms with Crippen LogP contribution in [-0.4, -0.2) is 55.3 Å². The number of carbonyl (C=O) groups is 3. The number of nitrogens with zero attached hydrogens (tertiary/aromatic N) is 2. The molecule has 34 heavy (non-hydrogen) atoms. The van der Waals surface area contributed by atoms with Crippen LogP contribution in [0.3, 0.4) is 0 Å². The Hall–Kier alpha value is -3.87. The van der Waals surface area contributed by atoms with Gasteiger partial charge < -0.3 is 20.4 Å². The van der Waals surface area contributed by atoms with Gasteiger partial charge in [0.25, 0.3) is 5.91 Å². The summed E-state index contributed by atoms with van der Waals surface area (Å²) in [5.41, 5.74) is 2.01. The zero-order chi connectivity index (χ0) is 23.5. The first-order valence-electron chi connectivity index (χ1n) is 11.8. The minimum Gasteiger partial charge on any atom is -0.368 e. The van der Waals surface area contributed by atoms with Gasteiger partial charge in [-0.05, 0) is 47.9 Å². The molecule has 3 aromatic carbocycles. The van der Waals surface area contributed by atoms with E-state index in [4.69, 9.17) is 0 Å². The van der Waals surface area contributed by atoms with Crippen molar-refractivity contribution in [2.45, 2.75) is 12.8 Å². The van der Waals surface area contributed by atoms with Gasteiger partial charge in [-0.25, -0.2) is 0 Å². The van der Waals surface area contributed by atoms with Gasteiger partial charge in [0.1, 0.15) is 0 Å². The van der Waals surface area contributed by atoms with E-state index < -0.39 is 0 Å². The van der Waals surface area contributed by atoms with Crippen molar-refractivity contribution in [1.29, 1.82) is 0 Å². The van der Waals surface area contributed by atoms with Crippen molar-refractivity contribution in [3.63, 3.8) is 0 Å². The summed E-state index contributed by atoms with van der Waals surface area (Å²) in [6, 6.07) is 21.5. The lowest BCUT2D eigenvalue weighted by molar-refractivity contribution is -0.130. The monoisotopic (exact) mass is 456 g/mol. The zero-order valence-corrected chi connectivity index (χ0v) is 19.0. The third kappa shape index (κ3) is 4.88. The topological polar surface area (TPSA) is 81.8 Å². The van der Waals surface area contributed by atoms with E-state index in [1.807, 2.05) is 48.5 Å². The first-order chi connectivity index (χ1) is 16.6. The number of hydrogen-bond acceptors (Lipinski definition) is 4. The molecule has 0 unspecified atom stereocenters. The Morgan fingerprint density at radius 1 is 0.824 bits per heavy atom. The number of hydrogen-bond donors (Lipinski definition) is 2. The molecular formula is C27H28N4O3. The van der Waals surface area contributed by atoms with Crippen LogP contribution in [0.2, 0.25) is 0 Å².